The van der Waals surface area contributed by atoms with E-state index in [0.717, 1.165) is 49.1 Å². The Balaban J connectivity index is 1.29. The number of ether oxygens (including phenoxy) is 1. The van der Waals surface area contributed by atoms with Crippen molar-refractivity contribution >= 4 is 21.8 Å². The van der Waals surface area contributed by atoms with Gasteiger partial charge in [-0.3, -0.25) is 9.69 Å². The van der Waals surface area contributed by atoms with Crippen molar-refractivity contribution in [3.63, 3.8) is 0 Å². The fourth-order valence-electron chi connectivity index (χ4n) is 3.35. The van der Waals surface area contributed by atoms with E-state index in [1.165, 1.54) is 5.56 Å². The number of carbonyl (C=O) groups excluding carboxylic acids is 1. The molecule has 1 heterocycles. The third-order valence-corrected chi connectivity index (χ3v) is 5.50. The molecular formula is C22H27BrN2O2. The predicted octanol–water partition coefficient (Wildman–Crippen LogP) is 4.39. The van der Waals surface area contributed by atoms with Gasteiger partial charge in [0.15, 0.2) is 0 Å². The molecular weight excluding hydrogens is 404 g/mol. The van der Waals surface area contributed by atoms with Crippen LogP contribution in [-0.4, -0.2) is 36.5 Å². The van der Waals surface area contributed by atoms with E-state index < -0.39 is 0 Å². The van der Waals surface area contributed by atoms with Crippen molar-refractivity contribution in [2.75, 3.05) is 19.7 Å². The van der Waals surface area contributed by atoms with E-state index in [9.17, 15) is 4.79 Å². The van der Waals surface area contributed by atoms with Gasteiger partial charge in [-0.05, 0) is 52.9 Å². The van der Waals surface area contributed by atoms with Crippen molar-refractivity contribution in [2.45, 2.75) is 38.3 Å². The molecule has 1 aliphatic heterocycles. The largest absolute Gasteiger partial charge is 0.492 e. The van der Waals surface area contributed by atoms with Crippen molar-refractivity contribution in [3.8, 4) is 5.75 Å². The number of nitrogens with one attached hydrogen (secondary N) is 1. The molecule has 0 unspecified atom stereocenters. The molecule has 0 atom stereocenters. The molecule has 5 heteroatoms. The maximum atomic E-state index is 12.2. The fraction of sp³-hybridized carbons (Fsp3) is 0.409. The van der Waals surface area contributed by atoms with E-state index in [0.29, 0.717) is 19.1 Å². The molecule has 144 valence electrons. The summed E-state index contributed by atoms with van der Waals surface area (Å²) in [5.74, 6) is 0.955. The highest BCUT2D eigenvalue weighted by atomic mass is 79.9. The van der Waals surface area contributed by atoms with Crippen molar-refractivity contribution in [1.29, 1.82) is 0 Å². The van der Waals surface area contributed by atoms with Gasteiger partial charge in [-0.1, -0.05) is 42.5 Å². The molecule has 0 saturated carbocycles. The summed E-state index contributed by atoms with van der Waals surface area (Å²) in [4.78, 5) is 14.6. The van der Waals surface area contributed by atoms with E-state index in [1.807, 2.05) is 24.3 Å². The molecule has 3 rings (SSSR count). The number of benzene rings is 2. The van der Waals surface area contributed by atoms with Crippen LogP contribution < -0.4 is 10.1 Å². The summed E-state index contributed by atoms with van der Waals surface area (Å²) in [5, 5.41) is 3.18. The minimum atomic E-state index is 0.132. The van der Waals surface area contributed by atoms with Gasteiger partial charge in [-0.2, -0.15) is 0 Å². The Morgan fingerprint density at radius 2 is 1.78 bits per heavy atom. The molecule has 4 nitrogen and oxygen atoms in total. The van der Waals surface area contributed by atoms with E-state index in [4.69, 9.17) is 4.74 Å². The van der Waals surface area contributed by atoms with Crippen LogP contribution in [0.5, 0.6) is 5.75 Å². The summed E-state index contributed by atoms with van der Waals surface area (Å²) >= 11 is 3.46. The zero-order chi connectivity index (χ0) is 18.9. The SMILES string of the molecule is O=C(CCCOc1ccccc1Br)NC1CCN(Cc2ccccc2)CC1. The van der Waals surface area contributed by atoms with Crippen LogP contribution in [-0.2, 0) is 11.3 Å². The summed E-state index contributed by atoms with van der Waals surface area (Å²) in [5.41, 5.74) is 1.35. The normalized spacial score (nSPS) is 15.4. The van der Waals surface area contributed by atoms with Crippen LogP contribution in [0.4, 0.5) is 0 Å². The lowest BCUT2D eigenvalue weighted by atomic mass is 10.0. The molecule has 1 N–H and O–H groups in total. The second kappa shape index (κ2) is 10.5. The molecule has 2 aromatic carbocycles. The lowest BCUT2D eigenvalue weighted by molar-refractivity contribution is -0.122. The van der Waals surface area contributed by atoms with Gasteiger partial charge in [0.1, 0.15) is 5.75 Å². The number of para-hydroxylation sites is 1. The molecule has 0 spiro atoms. The minimum Gasteiger partial charge on any atom is -0.492 e. The number of carbonyl (C=O) groups is 1. The zero-order valence-corrected chi connectivity index (χ0v) is 17.2. The molecule has 1 aliphatic rings. The average molecular weight is 431 g/mol. The Bertz CT molecular complexity index is 715. The van der Waals surface area contributed by atoms with Crippen LogP contribution in [0.2, 0.25) is 0 Å². The quantitative estimate of drug-likeness (QED) is 0.631. The van der Waals surface area contributed by atoms with Crippen molar-refractivity contribution in [3.05, 3.63) is 64.6 Å². The molecule has 0 bridgehead atoms. The summed E-state index contributed by atoms with van der Waals surface area (Å²) in [6.07, 6.45) is 3.27. The Kier molecular flexibility index (Phi) is 7.72. The zero-order valence-electron chi connectivity index (χ0n) is 15.6. The Labute approximate surface area is 170 Å². The predicted molar refractivity (Wildman–Crippen MR) is 112 cm³/mol. The summed E-state index contributed by atoms with van der Waals surface area (Å²) in [6.45, 7) is 3.61. The molecule has 0 aromatic heterocycles. The molecule has 0 radical (unpaired) electrons. The topological polar surface area (TPSA) is 41.6 Å². The minimum absolute atomic E-state index is 0.132. The first-order valence-corrected chi connectivity index (χ1v) is 10.4. The Morgan fingerprint density at radius 3 is 2.52 bits per heavy atom. The number of amides is 1. The Morgan fingerprint density at radius 1 is 1.07 bits per heavy atom. The first-order chi connectivity index (χ1) is 13.2. The van der Waals surface area contributed by atoms with E-state index >= 15 is 0 Å². The lowest BCUT2D eigenvalue weighted by Gasteiger charge is -2.32. The second-order valence-electron chi connectivity index (χ2n) is 6.99. The maximum absolute atomic E-state index is 12.2. The monoisotopic (exact) mass is 430 g/mol. The van der Waals surface area contributed by atoms with Gasteiger partial charge < -0.3 is 10.1 Å². The number of nitrogens with zero attached hydrogens (tertiary/aromatic N) is 1. The number of hydrogen-bond acceptors (Lipinski definition) is 3. The van der Waals surface area contributed by atoms with E-state index in [-0.39, 0.29) is 5.91 Å². The van der Waals surface area contributed by atoms with Crippen molar-refractivity contribution in [2.24, 2.45) is 0 Å². The van der Waals surface area contributed by atoms with Crippen LogP contribution in [0.1, 0.15) is 31.2 Å². The maximum Gasteiger partial charge on any atom is 0.220 e. The Hall–Kier alpha value is -1.85. The standard InChI is InChI=1S/C22H27BrN2O2/c23-20-9-4-5-10-21(20)27-16-6-11-22(26)24-19-12-14-25(15-13-19)17-18-7-2-1-3-8-18/h1-5,7-10,19H,6,11-17H2,(H,24,26). The number of halogens is 1. The molecule has 1 amide bonds. The van der Waals surface area contributed by atoms with Crippen molar-refractivity contribution < 1.29 is 9.53 Å². The molecule has 2 aromatic rings. The number of rotatable bonds is 8. The van der Waals surface area contributed by atoms with E-state index in [1.54, 1.807) is 0 Å². The smallest absolute Gasteiger partial charge is 0.220 e. The van der Waals surface area contributed by atoms with Crippen LogP contribution in [0.3, 0.4) is 0 Å². The first-order valence-electron chi connectivity index (χ1n) is 9.63. The van der Waals surface area contributed by atoms with Gasteiger partial charge in [0.05, 0.1) is 11.1 Å². The van der Waals surface area contributed by atoms with Gasteiger partial charge in [0, 0.05) is 32.1 Å². The molecule has 27 heavy (non-hydrogen) atoms. The third-order valence-electron chi connectivity index (χ3n) is 4.84. The van der Waals surface area contributed by atoms with Crippen molar-refractivity contribution in [1.82, 2.24) is 10.2 Å². The molecule has 1 saturated heterocycles. The van der Waals surface area contributed by atoms with Crippen LogP contribution >= 0.6 is 15.9 Å². The number of likely N-dealkylation sites (tertiary alicyclic amines) is 1. The van der Waals surface area contributed by atoms with Gasteiger partial charge in [-0.15, -0.1) is 0 Å². The average Bonchev–Trinajstić information content (AvgIpc) is 2.69. The number of hydrogen-bond donors (Lipinski definition) is 1. The first kappa shape index (κ1) is 19.9. The van der Waals surface area contributed by atoms with Gasteiger partial charge in [0.25, 0.3) is 0 Å². The molecule has 0 aliphatic carbocycles. The van der Waals surface area contributed by atoms with Gasteiger partial charge in [-0.25, -0.2) is 0 Å². The fourth-order valence-corrected chi connectivity index (χ4v) is 3.75. The molecule has 1 fully saturated rings. The highest BCUT2D eigenvalue weighted by Gasteiger charge is 2.20. The summed E-state index contributed by atoms with van der Waals surface area (Å²) in [6, 6.07) is 18.6. The second-order valence-corrected chi connectivity index (χ2v) is 7.84. The van der Waals surface area contributed by atoms with Gasteiger partial charge in [0.2, 0.25) is 5.91 Å². The van der Waals surface area contributed by atoms with E-state index in [2.05, 4.69) is 56.5 Å². The van der Waals surface area contributed by atoms with Crippen LogP contribution in [0, 0.1) is 0 Å². The van der Waals surface area contributed by atoms with Crippen LogP contribution in [0.25, 0.3) is 0 Å². The third kappa shape index (κ3) is 6.67. The summed E-state index contributed by atoms with van der Waals surface area (Å²) < 4.78 is 6.66. The van der Waals surface area contributed by atoms with Crippen LogP contribution in [0.15, 0.2) is 59.1 Å². The lowest BCUT2D eigenvalue weighted by Crippen LogP contribution is -2.44. The summed E-state index contributed by atoms with van der Waals surface area (Å²) in [7, 11) is 0. The number of piperidine rings is 1. The highest BCUT2D eigenvalue weighted by molar-refractivity contribution is 9.10. The van der Waals surface area contributed by atoms with Gasteiger partial charge >= 0.3 is 0 Å². The highest BCUT2D eigenvalue weighted by Crippen LogP contribution is 2.23.